The van der Waals surface area contributed by atoms with Crippen LogP contribution in [-0.4, -0.2) is 21.6 Å². The van der Waals surface area contributed by atoms with Crippen molar-refractivity contribution in [3.8, 4) is 0 Å². The van der Waals surface area contributed by atoms with Crippen molar-refractivity contribution in [2.45, 2.75) is 0 Å². The van der Waals surface area contributed by atoms with Gasteiger partial charge in [-0.1, -0.05) is 0 Å². The van der Waals surface area contributed by atoms with Crippen LogP contribution < -0.4 is 5.32 Å². The molecule has 5 heteroatoms. The van der Waals surface area contributed by atoms with Gasteiger partial charge in [-0.2, -0.15) is 0 Å². The van der Waals surface area contributed by atoms with Crippen LogP contribution in [0.4, 0.5) is 12.9 Å². The molecule has 0 aliphatic heterocycles. The summed E-state index contributed by atoms with van der Waals surface area (Å²) in [6, 6.07) is 0. The largest absolute Gasteiger partial charge is 0.762 e. The Morgan fingerprint density at radius 3 is 1.14 bits per heavy atom. The lowest BCUT2D eigenvalue weighted by atomic mass is 10.5. The highest BCUT2D eigenvalue weighted by Gasteiger charge is 2.06. The van der Waals surface area contributed by atoms with E-state index in [0.717, 1.165) is 0 Å². The van der Waals surface area contributed by atoms with E-state index >= 15 is 0 Å². The Balaban J connectivity index is 0. The molecule has 0 aromatic rings. The van der Waals surface area contributed by atoms with Gasteiger partial charge in [-0.15, -0.1) is 0 Å². The predicted octanol–water partition coefficient (Wildman–Crippen LogP) is 0.715. The minimum absolute atomic E-state index is 1.88. The maximum absolute atomic E-state index is 9.67. The van der Waals surface area contributed by atoms with Gasteiger partial charge in [-0.3, -0.25) is 12.9 Å². The van der Waals surface area contributed by atoms with Crippen LogP contribution in [0.15, 0.2) is 0 Å². The molecule has 0 atom stereocenters. The van der Waals surface area contributed by atoms with E-state index < -0.39 is 7.54 Å². The summed E-state index contributed by atoms with van der Waals surface area (Å²) in [6.45, 7) is 0. The molecule has 0 aromatic heterocycles. The number of rotatable bonds is 0. The highest BCUT2D eigenvalue weighted by molar-refractivity contribution is 6.33. The first-order valence-corrected chi connectivity index (χ1v) is 1.65. The van der Waals surface area contributed by atoms with E-state index in [1.54, 1.807) is 0 Å². The van der Waals surface area contributed by atoms with Crippen molar-refractivity contribution in [2.75, 3.05) is 14.1 Å². The van der Waals surface area contributed by atoms with Crippen LogP contribution in [0.2, 0.25) is 0 Å². The molecule has 0 bridgehead atoms. The molecular weight excluding hydrogens is 106 g/mol. The summed E-state index contributed by atoms with van der Waals surface area (Å²) < 4.78 is 29.0. The number of hydrogen-bond donors (Lipinski definition) is 1. The molecule has 0 fully saturated rings. The summed E-state index contributed by atoms with van der Waals surface area (Å²) >= 11 is 0. The van der Waals surface area contributed by atoms with E-state index in [0.29, 0.717) is 0 Å². The normalized spacial score (nSPS) is 6.43. The van der Waals surface area contributed by atoms with E-state index in [4.69, 9.17) is 0 Å². The lowest BCUT2D eigenvalue weighted by Gasteiger charge is -1.59. The molecule has 0 unspecified atom stereocenters. The highest BCUT2D eigenvalue weighted by Crippen LogP contribution is 1.80. The molecule has 1 N–H and O–H groups in total. The first-order chi connectivity index (χ1) is 3.15. The van der Waals surface area contributed by atoms with Crippen molar-refractivity contribution in [3.05, 3.63) is 0 Å². The van der Waals surface area contributed by atoms with Gasteiger partial charge in [0.25, 0.3) is 0 Å². The van der Waals surface area contributed by atoms with Crippen LogP contribution in [0.25, 0.3) is 0 Å². The van der Waals surface area contributed by atoms with Crippen LogP contribution >= 0.6 is 0 Å². The van der Waals surface area contributed by atoms with Gasteiger partial charge in [0.05, 0.1) is 0 Å². The van der Waals surface area contributed by atoms with E-state index in [-0.39, 0.29) is 0 Å². The molecule has 44 valence electrons. The Morgan fingerprint density at radius 1 is 1.14 bits per heavy atom. The molecule has 0 radical (unpaired) electrons. The third-order valence-corrected chi connectivity index (χ3v) is 0. The molecular formula is C2H7BF3N. The number of hydrogen-bond acceptors (Lipinski definition) is 1. The van der Waals surface area contributed by atoms with Crippen molar-refractivity contribution in [1.82, 2.24) is 5.32 Å². The fraction of sp³-hybridized carbons (Fsp3) is 1.00. The van der Waals surface area contributed by atoms with E-state index in [1.165, 1.54) is 0 Å². The lowest BCUT2D eigenvalue weighted by Crippen LogP contribution is -1.89. The third-order valence-electron chi connectivity index (χ3n) is 0. The van der Waals surface area contributed by atoms with Crippen LogP contribution in [0, 0.1) is 0 Å². The molecule has 0 aromatic carbocycles. The van der Waals surface area contributed by atoms with E-state index in [1.807, 2.05) is 14.1 Å². The average Bonchev–Trinajstić information content (AvgIpc) is 1.33. The second-order valence-corrected chi connectivity index (χ2v) is 0.747. The Labute approximate surface area is 41.1 Å². The van der Waals surface area contributed by atoms with Gasteiger partial charge in [0.1, 0.15) is 0 Å². The highest BCUT2D eigenvalue weighted by atomic mass is 19.4. The van der Waals surface area contributed by atoms with Crippen molar-refractivity contribution in [1.29, 1.82) is 0 Å². The zero-order valence-electron chi connectivity index (χ0n) is 4.21. The van der Waals surface area contributed by atoms with Gasteiger partial charge in [0.15, 0.2) is 0 Å². The lowest BCUT2D eigenvalue weighted by molar-refractivity contribution is 0.535. The first kappa shape index (κ1) is 9.94. The zero-order chi connectivity index (χ0) is 6.28. The van der Waals surface area contributed by atoms with Crippen molar-refractivity contribution in [3.63, 3.8) is 0 Å². The summed E-state index contributed by atoms with van der Waals surface area (Å²) in [5, 5.41) is 2.75. The van der Waals surface area contributed by atoms with Crippen molar-refractivity contribution in [2.24, 2.45) is 0 Å². The molecule has 0 spiro atoms. The molecule has 0 aliphatic rings. The quantitative estimate of drug-likeness (QED) is 0.456. The standard InChI is InChI=1S/C2H7N.BF3/c1-3-2;2-1(3)4/h3H,1-2H3;. The van der Waals surface area contributed by atoms with Crippen LogP contribution in [-0.2, 0) is 0 Å². The molecule has 0 saturated carbocycles. The number of halogens is 3. The van der Waals surface area contributed by atoms with Crippen LogP contribution in [0.1, 0.15) is 0 Å². The van der Waals surface area contributed by atoms with Crippen LogP contribution in [0.3, 0.4) is 0 Å². The molecule has 0 amide bonds. The van der Waals surface area contributed by atoms with Gasteiger partial charge in [0, 0.05) is 0 Å². The maximum Gasteiger partial charge on any atom is 0.762 e. The molecule has 0 saturated heterocycles. The van der Waals surface area contributed by atoms with Gasteiger partial charge in [-0.05, 0) is 14.1 Å². The average molecular weight is 113 g/mol. The van der Waals surface area contributed by atoms with Gasteiger partial charge in [0.2, 0.25) is 0 Å². The minimum Gasteiger partial charge on any atom is -0.323 e. The third kappa shape index (κ3) is 2470. The summed E-state index contributed by atoms with van der Waals surface area (Å²) in [5.41, 5.74) is 0. The van der Waals surface area contributed by atoms with Gasteiger partial charge >= 0.3 is 7.54 Å². The Bertz CT molecular complexity index is 24.1. The van der Waals surface area contributed by atoms with E-state index in [9.17, 15) is 12.9 Å². The summed E-state index contributed by atoms with van der Waals surface area (Å²) in [5.74, 6) is 0. The Kier molecular flexibility index (Phi) is 13.2. The van der Waals surface area contributed by atoms with Gasteiger partial charge < -0.3 is 5.32 Å². The predicted molar refractivity (Wildman–Crippen MR) is 24.1 cm³/mol. The SMILES string of the molecule is CNC.FB(F)F. The van der Waals surface area contributed by atoms with Crippen molar-refractivity contribution < 1.29 is 12.9 Å². The molecule has 7 heavy (non-hydrogen) atoms. The summed E-state index contributed by atoms with van der Waals surface area (Å²) in [4.78, 5) is 0. The fourth-order valence-corrected chi connectivity index (χ4v) is 0. The second-order valence-electron chi connectivity index (χ2n) is 0.747. The van der Waals surface area contributed by atoms with Crippen molar-refractivity contribution >= 4 is 7.54 Å². The maximum atomic E-state index is 9.67. The molecule has 0 heterocycles. The number of nitrogens with one attached hydrogen (secondary N) is 1. The summed E-state index contributed by atoms with van der Waals surface area (Å²) in [6.07, 6.45) is 0. The fourth-order valence-electron chi connectivity index (χ4n) is 0. The topological polar surface area (TPSA) is 12.0 Å². The Hall–Kier alpha value is -0.185. The Morgan fingerprint density at radius 2 is 1.14 bits per heavy atom. The minimum atomic E-state index is -3.67. The molecule has 0 aliphatic carbocycles. The van der Waals surface area contributed by atoms with Gasteiger partial charge in [-0.25, -0.2) is 0 Å². The summed E-state index contributed by atoms with van der Waals surface area (Å²) in [7, 11) is 0.0833. The second kappa shape index (κ2) is 9.26. The monoisotopic (exact) mass is 113 g/mol. The molecule has 0 rings (SSSR count). The van der Waals surface area contributed by atoms with E-state index in [2.05, 4.69) is 5.32 Å². The first-order valence-electron chi connectivity index (χ1n) is 1.65. The molecule has 1 nitrogen and oxygen atoms in total. The van der Waals surface area contributed by atoms with Crippen LogP contribution in [0.5, 0.6) is 0 Å². The zero-order valence-corrected chi connectivity index (χ0v) is 4.21. The smallest absolute Gasteiger partial charge is 0.323 e.